The second kappa shape index (κ2) is 8.51. The van der Waals surface area contributed by atoms with Gasteiger partial charge in [0.05, 0.1) is 12.6 Å². The van der Waals surface area contributed by atoms with Crippen LogP contribution in [0.2, 0.25) is 0 Å². The molecular weight excluding hydrogens is 408 g/mol. The Morgan fingerprint density at radius 3 is 2.36 bits per heavy atom. The van der Waals surface area contributed by atoms with Crippen LogP contribution in [0.5, 0.6) is 5.75 Å². The van der Waals surface area contributed by atoms with E-state index >= 15 is 0 Å². The fourth-order valence-corrected chi connectivity index (χ4v) is 5.66. The second-order valence-corrected chi connectivity index (χ2v) is 10.2. The van der Waals surface area contributed by atoms with Crippen molar-refractivity contribution < 1.29 is 4.74 Å². The lowest BCUT2D eigenvalue weighted by molar-refractivity contribution is 0.397. The molecule has 2 aromatic carbocycles. The number of benzene rings is 2. The molecule has 3 aromatic rings. The number of anilines is 2. The predicted molar refractivity (Wildman–Crippen MR) is 135 cm³/mol. The van der Waals surface area contributed by atoms with Crippen LogP contribution in [0.3, 0.4) is 0 Å². The van der Waals surface area contributed by atoms with Gasteiger partial charge in [0.15, 0.2) is 0 Å². The van der Waals surface area contributed by atoms with E-state index in [2.05, 4.69) is 59.2 Å². The van der Waals surface area contributed by atoms with Gasteiger partial charge in [0, 0.05) is 43.2 Å². The van der Waals surface area contributed by atoms with Crippen molar-refractivity contribution in [2.45, 2.75) is 50.9 Å². The fourth-order valence-electron chi connectivity index (χ4n) is 5.66. The van der Waals surface area contributed by atoms with E-state index in [1.165, 1.54) is 35.9 Å². The number of methoxy groups -OCH3 is 1. The van der Waals surface area contributed by atoms with Gasteiger partial charge in [-0.2, -0.15) is 0 Å². The topological polar surface area (TPSA) is 41.5 Å². The number of piperidine rings is 1. The molecule has 0 bridgehead atoms. The molecule has 1 aliphatic carbocycles. The summed E-state index contributed by atoms with van der Waals surface area (Å²) >= 11 is 0. The molecule has 5 nitrogen and oxygen atoms in total. The standard InChI is InChI=1S/C28H34N4O/c1-19-11-14-32(18-19)22-9-10-25-24(17-22)28(30-27(29-25)21-7-8-21)31-15-12-20(13-16-31)23-5-3-4-6-26(23)33-2/h3-6,9-10,17,19-21H,7-8,11-16,18H2,1-2H3/t19-/m0/s1. The van der Waals surface area contributed by atoms with Gasteiger partial charge in [0.2, 0.25) is 0 Å². The summed E-state index contributed by atoms with van der Waals surface area (Å²) in [7, 11) is 1.78. The summed E-state index contributed by atoms with van der Waals surface area (Å²) in [6.45, 7) is 6.68. The third-order valence-corrected chi connectivity index (χ3v) is 7.78. The lowest BCUT2D eigenvalue weighted by atomic mass is 9.88. The molecule has 3 fully saturated rings. The minimum atomic E-state index is 0.537. The molecule has 0 radical (unpaired) electrons. The molecule has 0 spiro atoms. The van der Waals surface area contributed by atoms with Gasteiger partial charge >= 0.3 is 0 Å². The summed E-state index contributed by atoms with van der Waals surface area (Å²) < 4.78 is 5.65. The first-order valence-corrected chi connectivity index (χ1v) is 12.6. The van der Waals surface area contributed by atoms with Crippen LogP contribution >= 0.6 is 0 Å². The smallest absolute Gasteiger partial charge is 0.140 e. The van der Waals surface area contributed by atoms with Gasteiger partial charge in [-0.15, -0.1) is 0 Å². The van der Waals surface area contributed by atoms with Gasteiger partial charge in [-0.25, -0.2) is 9.97 Å². The Labute approximate surface area is 196 Å². The molecule has 0 unspecified atom stereocenters. The maximum absolute atomic E-state index is 5.65. The number of aromatic nitrogens is 2. The molecule has 172 valence electrons. The van der Waals surface area contributed by atoms with Crippen molar-refractivity contribution >= 4 is 22.4 Å². The van der Waals surface area contributed by atoms with Crippen LogP contribution in [0.1, 0.15) is 62.3 Å². The van der Waals surface area contributed by atoms with Crippen LogP contribution in [0.4, 0.5) is 11.5 Å². The summed E-state index contributed by atoms with van der Waals surface area (Å²) in [5.41, 5.74) is 3.76. The minimum Gasteiger partial charge on any atom is -0.496 e. The zero-order valence-electron chi connectivity index (χ0n) is 19.8. The number of hydrogen-bond donors (Lipinski definition) is 0. The highest BCUT2D eigenvalue weighted by Crippen LogP contribution is 2.42. The molecule has 5 heteroatoms. The van der Waals surface area contributed by atoms with Crippen molar-refractivity contribution in [1.29, 1.82) is 0 Å². The van der Waals surface area contributed by atoms with Crippen LogP contribution in [-0.4, -0.2) is 43.3 Å². The molecule has 1 aromatic heterocycles. The summed E-state index contributed by atoms with van der Waals surface area (Å²) in [6, 6.07) is 15.4. The molecule has 1 saturated carbocycles. The Morgan fingerprint density at radius 2 is 1.64 bits per heavy atom. The Kier molecular flexibility index (Phi) is 5.35. The van der Waals surface area contributed by atoms with E-state index in [9.17, 15) is 0 Å². The largest absolute Gasteiger partial charge is 0.496 e. The summed E-state index contributed by atoms with van der Waals surface area (Å²) in [5, 5.41) is 1.21. The number of rotatable bonds is 5. The third-order valence-electron chi connectivity index (χ3n) is 7.78. The minimum absolute atomic E-state index is 0.537. The van der Waals surface area contributed by atoms with Gasteiger partial charge in [0.1, 0.15) is 17.4 Å². The van der Waals surface area contributed by atoms with Crippen molar-refractivity contribution in [3.05, 3.63) is 53.9 Å². The number of ether oxygens (including phenoxy) is 1. The SMILES string of the molecule is COc1ccccc1C1CCN(c2nc(C3CC3)nc3ccc(N4CC[C@H](C)C4)cc23)CC1. The lowest BCUT2D eigenvalue weighted by Gasteiger charge is -2.34. The van der Waals surface area contributed by atoms with Gasteiger partial charge in [-0.05, 0) is 73.8 Å². The van der Waals surface area contributed by atoms with Crippen molar-refractivity contribution in [2.24, 2.45) is 5.92 Å². The quantitative estimate of drug-likeness (QED) is 0.503. The van der Waals surface area contributed by atoms with Crippen LogP contribution in [0.15, 0.2) is 42.5 Å². The van der Waals surface area contributed by atoms with Gasteiger partial charge in [-0.3, -0.25) is 0 Å². The molecule has 1 atom stereocenters. The summed E-state index contributed by atoms with van der Waals surface area (Å²) in [6.07, 6.45) is 5.97. The first-order valence-electron chi connectivity index (χ1n) is 12.6. The number of para-hydroxylation sites is 1. The molecule has 2 aliphatic heterocycles. The number of nitrogens with zero attached hydrogens (tertiary/aromatic N) is 4. The average molecular weight is 443 g/mol. The third kappa shape index (κ3) is 4.03. The fraction of sp³-hybridized carbons (Fsp3) is 0.500. The first kappa shape index (κ1) is 20.8. The van der Waals surface area contributed by atoms with Crippen LogP contribution in [0.25, 0.3) is 10.9 Å². The molecule has 33 heavy (non-hydrogen) atoms. The van der Waals surface area contributed by atoms with E-state index in [-0.39, 0.29) is 0 Å². The Morgan fingerprint density at radius 1 is 0.848 bits per heavy atom. The Hall–Kier alpha value is -2.82. The molecule has 2 saturated heterocycles. The van der Waals surface area contributed by atoms with E-state index < -0.39 is 0 Å². The molecule has 3 heterocycles. The number of fused-ring (bicyclic) bond motifs is 1. The van der Waals surface area contributed by atoms with E-state index in [1.807, 2.05) is 0 Å². The number of hydrogen-bond acceptors (Lipinski definition) is 5. The normalized spacial score (nSPS) is 21.7. The second-order valence-electron chi connectivity index (χ2n) is 10.2. The molecule has 0 amide bonds. The molecular formula is C28H34N4O. The van der Waals surface area contributed by atoms with Gasteiger partial charge in [-0.1, -0.05) is 25.1 Å². The highest BCUT2D eigenvalue weighted by molar-refractivity contribution is 5.92. The maximum Gasteiger partial charge on any atom is 0.140 e. The molecule has 3 aliphatic rings. The zero-order chi connectivity index (χ0) is 22.4. The van der Waals surface area contributed by atoms with Crippen LogP contribution < -0.4 is 14.5 Å². The van der Waals surface area contributed by atoms with E-state index in [1.54, 1.807) is 7.11 Å². The molecule has 0 N–H and O–H groups in total. The maximum atomic E-state index is 5.65. The van der Waals surface area contributed by atoms with Gasteiger partial charge < -0.3 is 14.5 Å². The van der Waals surface area contributed by atoms with Gasteiger partial charge in [0.25, 0.3) is 0 Å². The highest BCUT2D eigenvalue weighted by Gasteiger charge is 2.30. The zero-order valence-corrected chi connectivity index (χ0v) is 19.8. The highest BCUT2D eigenvalue weighted by atomic mass is 16.5. The van der Waals surface area contributed by atoms with Crippen molar-refractivity contribution in [3.63, 3.8) is 0 Å². The Balaban J connectivity index is 1.31. The van der Waals surface area contributed by atoms with E-state index in [4.69, 9.17) is 14.7 Å². The van der Waals surface area contributed by atoms with Crippen molar-refractivity contribution in [3.8, 4) is 5.75 Å². The Bertz CT molecular complexity index is 1150. The first-order chi connectivity index (χ1) is 16.2. The van der Waals surface area contributed by atoms with Crippen molar-refractivity contribution in [2.75, 3.05) is 43.1 Å². The summed E-state index contributed by atoms with van der Waals surface area (Å²) in [4.78, 5) is 15.2. The van der Waals surface area contributed by atoms with Crippen molar-refractivity contribution in [1.82, 2.24) is 9.97 Å². The van der Waals surface area contributed by atoms with E-state index in [0.29, 0.717) is 11.8 Å². The average Bonchev–Trinajstić information content (AvgIpc) is 3.63. The molecule has 6 rings (SSSR count). The monoisotopic (exact) mass is 442 g/mol. The lowest BCUT2D eigenvalue weighted by Crippen LogP contribution is -2.34. The summed E-state index contributed by atoms with van der Waals surface area (Å²) in [5.74, 6) is 5.07. The van der Waals surface area contributed by atoms with E-state index in [0.717, 1.165) is 67.8 Å². The predicted octanol–water partition coefficient (Wildman–Crippen LogP) is 5.75. The van der Waals surface area contributed by atoms with Crippen LogP contribution in [0, 0.1) is 5.92 Å². The van der Waals surface area contributed by atoms with Crippen LogP contribution in [-0.2, 0) is 0 Å².